The van der Waals surface area contributed by atoms with Gasteiger partial charge in [-0.1, -0.05) is 12.1 Å². The van der Waals surface area contributed by atoms with Crippen LogP contribution in [0.15, 0.2) is 29.3 Å². The molecule has 10 nitrogen and oxygen atoms in total. The van der Waals surface area contributed by atoms with Gasteiger partial charge >= 0.3 is 0 Å². The number of likely N-dealkylation sites (tertiary alicyclic amines) is 1. The number of hydrogen-bond acceptors (Lipinski definition) is 7. The summed E-state index contributed by atoms with van der Waals surface area (Å²) in [5, 5.41) is 5.80. The van der Waals surface area contributed by atoms with Gasteiger partial charge in [-0.15, -0.1) is 0 Å². The number of nitrogens with one attached hydrogen (secondary N) is 2. The summed E-state index contributed by atoms with van der Waals surface area (Å²) >= 11 is 0. The maximum atomic E-state index is 13.9. The smallest absolute Gasteiger partial charge is 0.249 e. The van der Waals surface area contributed by atoms with E-state index in [1.165, 1.54) is 12.1 Å². The summed E-state index contributed by atoms with van der Waals surface area (Å²) in [6, 6.07) is 4.40. The Bertz CT molecular complexity index is 1100. The van der Waals surface area contributed by atoms with Gasteiger partial charge in [-0.05, 0) is 71.2 Å². The van der Waals surface area contributed by atoms with Crippen molar-refractivity contribution in [1.82, 2.24) is 25.3 Å². The number of benzene rings is 1. The third-order valence-corrected chi connectivity index (χ3v) is 8.45. The SMILES string of the molecule is CCOC(C)C(NC(=O)C(C)NC)C(=O)N1CCCC1CN(CCc1ccc(F)cc1)C(=O)C1CN2CCCC2=N1. The van der Waals surface area contributed by atoms with Crippen molar-refractivity contribution in [2.24, 2.45) is 4.99 Å². The summed E-state index contributed by atoms with van der Waals surface area (Å²) in [5.74, 6) is 0.210. The Morgan fingerprint density at radius 3 is 2.61 bits per heavy atom. The molecule has 1 aromatic carbocycles. The van der Waals surface area contributed by atoms with E-state index < -0.39 is 24.2 Å². The Morgan fingerprint density at radius 1 is 1.17 bits per heavy atom. The van der Waals surface area contributed by atoms with Crippen molar-refractivity contribution in [1.29, 1.82) is 0 Å². The van der Waals surface area contributed by atoms with Crippen LogP contribution < -0.4 is 10.6 Å². The highest BCUT2D eigenvalue weighted by molar-refractivity contribution is 5.93. The summed E-state index contributed by atoms with van der Waals surface area (Å²) in [6.45, 7) is 8.71. The summed E-state index contributed by atoms with van der Waals surface area (Å²) in [4.78, 5) is 51.1. The van der Waals surface area contributed by atoms with Gasteiger partial charge in [0.05, 0.1) is 18.7 Å². The highest BCUT2D eigenvalue weighted by Crippen LogP contribution is 2.24. The molecule has 0 radical (unpaired) electrons. The molecule has 0 spiro atoms. The number of amidine groups is 1. The number of likely N-dealkylation sites (N-methyl/N-ethyl adjacent to an activating group) is 1. The number of aliphatic imine (C=N–C) groups is 1. The number of hydrogen-bond donors (Lipinski definition) is 2. The van der Waals surface area contributed by atoms with Crippen molar-refractivity contribution in [2.75, 3.05) is 46.4 Å². The van der Waals surface area contributed by atoms with Crippen LogP contribution in [0.2, 0.25) is 0 Å². The molecule has 3 amide bonds. The number of amides is 3. The van der Waals surface area contributed by atoms with E-state index >= 15 is 0 Å². The molecule has 2 N–H and O–H groups in total. The monoisotopic (exact) mass is 572 g/mol. The van der Waals surface area contributed by atoms with Crippen molar-refractivity contribution >= 4 is 23.6 Å². The minimum atomic E-state index is -0.837. The maximum absolute atomic E-state index is 13.9. The van der Waals surface area contributed by atoms with Crippen LogP contribution in [-0.4, -0.2) is 115 Å². The fourth-order valence-corrected chi connectivity index (χ4v) is 5.94. The molecule has 0 bridgehead atoms. The predicted octanol–water partition coefficient (Wildman–Crippen LogP) is 1.58. The second-order valence-electron chi connectivity index (χ2n) is 11.3. The van der Waals surface area contributed by atoms with E-state index in [1.54, 1.807) is 33.0 Å². The third kappa shape index (κ3) is 7.62. The second-order valence-corrected chi connectivity index (χ2v) is 11.3. The van der Waals surface area contributed by atoms with Crippen molar-refractivity contribution in [3.63, 3.8) is 0 Å². The first-order chi connectivity index (χ1) is 19.7. The van der Waals surface area contributed by atoms with Crippen molar-refractivity contribution < 1.29 is 23.5 Å². The average Bonchev–Trinajstić information content (AvgIpc) is 3.70. The van der Waals surface area contributed by atoms with Crippen molar-refractivity contribution in [3.8, 4) is 0 Å². The number of nitrogens with zero attached hydrogens (tertiary/aromatic N) is 4. The molecule has 5 unspecified atom stereocenters. The van der Waals surface area contributed by atoms with E-state index in [2.05, 4.69) is 15.5 Å². The van der Waals surface area contributed by atoms with Crippen LogP contribution in [0, 0.1) is 5.82 Å². The average molecular weight is 573 g/mol. The molecule has 3 heterocycles. The highest BCUT2D eigenvalue weighted by atomic mass is 19.1. The molecule has 0 saturated carbocycles. The molecule has 226 valence electrons. The molecule has 2 fully saturated rings. The van der Waals surface area contributed by atoms with Gasteiger partial charge in [-0.3, -0.25) is 19.4 Å². The van der Waals surface area contributed by atoms with Crippen LogP contribution in [0.5, 0.6) is 0 Å². The normalized spacial score (nSPS) is 22.2. The standard InChI is InChI=1S/C30H45FN6O4/c1-5-41-21(3)27(34-28(38)20(2)32-4)30(40)37-16-6-8-24(37)18-36(17-14-22-10-12-23(31)13-11-22)29(39)25-19-35-15-7-9-26(35)33-25/h10-13,20-21,24-25,27,32H,5-9,14-19H2,1-4H3,(H,34,38). The van der Waals surface area contributed by atoms with Crippen molar-refractivity contribution in [2.45, 2.75) is 83.1 Å². The maximum Gasteiger partial charge on any atom is 0.249 e. The molecule has 5 atom stereocenters. The molecule has 0 aliphatic carbocycles. The predicted molar refractivity (Wildman–Crippen MR) is 155 cm³/mol. The molecular weight excluding hydrogens is 527 g/mol. The van der Waals surface area contributed by atoms with Gasteiger partial charge in [0.2, 0.25) is 17.7 Å². The molecular formula is C30H45FN6O4. The van der Waals surface area contributed by atoms with Gasteiger partial charge in [0.25, 0.3) is 0 Å². The fraction of sp³-hybridized carbons (Fsp3) is 0.667. The lowest BCUT2D eigenvalue weighted by Crippen LogP contribution is -2.59. The summed E-state index contributed by atoms with van der Waals surface area (Å²) in [6.07, 6.45) is 3.60. The fourth-order valence-electron chi connectivity index (χ4n) is 5.94. The first kappa shape index (κ1) is 30.9. The van der Waals surface area contributed by atoms with Gasteiger partial charge in [-0.2, -0.15) is 0 Å². The molecule has 41 heavy (non-hydrogen) atoms. The Kier molecular flexibility index (Phi) is 10.7. The molecule has 0 aromatic heterocycles. The number of carbonyl (C=O) groups is 3. The minimum absolute atomic E-state index is 0.0382. The Morgan fingerprint density at radius 2 is 1.93 bits per heavy atom. The highest BCUT2D eigenvalue weighted by Gasteiger charge is 2.40. The lowest BCUT2D eigenvalue weighted by Gasteiger charge is -2.35. The van der Waals surface area contributed by atoms with Gasteiger partial charge in [0, 0.05) is 45.2 Å². The number of ether oxygens (including phenoxy) is 1. The molecule has 1 aromatic rings. The number of halogens is 1. The van der Waals surface area contributed by atoms with Crippen LogP contribution in [0.1, 0.15) is 52.0 Å². The van der Waals surface area contributed by atoms with Crippen LogP contribution >= 0.6 is 0 Å². The van der Waals surface area contributed by atoms with E-state index in [0.29, 0.717) is 39.2 Å². The summed E-state index contributed by atoms with van der Waals surface area (Å²) in [5.41, 5.74) is 0.939. The van der Waals surface area contributed by atoms with Crippen LogP contribution in [-0.2, 0) is 25.5 Å². The molecule has 4 rings (SSSR count). The van der Waals surface area contributed by atoms with E-state index in [9.17, 15) is 18.8 Å². The zero-order chi connectivity index (χ0) is 29.5. The van der Waals surface area contributed by atoms with Crippen LogP contribution in [0.25, 0.3) is 0 Å². The summed E-state index contributed by atoms with van der Waals surface area (Å²) < 4.78 is 19.2. The third-order valence-electron chi connectivity index (χ3n) is 8.45. The summed E-state index contributed by atoms with van der Waals surface area (Å²) in [7, 11) is 1.69. The largest absolute Gasteiger partial charge is 0.376 e. The van der Waals surface area contributed by atoms with E-state index in [1.807, 2.05) is 16.7 Å². The second kappa shape index (κ2) is 14.2. The van der Waals surface area contributed by atoms with E-state index in [-0.39, 0.29) is 29.6 Å². The molecule has 2 saturated heterocycles. The van der Waals surface area contributed by atoms with Crippen LogP contribution in [0.3, 0.4) is 0 Å². The topological polar surface area (TPSA) is 107 Å². The zero-order valence-electron chi connectivity index (χ0n) is 24.8. The van der Waals surface area contributed by atoms with Crippen LogP contribution in [0.4, 0.5) is 4.39 Å². The minimum Gasteiger partial charge on any atom is -0.376 e. The van der Waals surface area contributed by atoms with Gasteiger partial charge < -0.3 is 30.1 Å². The molecule has 11 heteroatoms. The van der Waals surface area contributed by atoms with E-state index in [0.717, 1.165) is 43.6 Å². The van der Waals surface area contributed by atoms with Gasteiger partial charge in [0.15, 0.2) is 0 Å². The Balaban J connectivity index is 1.50. The number of rotatable bonds is 13. The first-order valence-electron chi connectivity index (χ1n) is 15.0. The van der Waals surface area contributed by atoms with E-state index in [4.69, 9.17) is 9.73 Å². The zero-order valence-corrected chi connectivity index (χ0v) is 24.8. The quantitative estimate of drug-likeness (QED) is 0.372. The van der Waals surface area contributed by atoms with Crippen molar-refractivity contribution in [3.05, 3.63) is 35.6 Å². The van der Waals surface area contributed by atoms with Gasteiger partial charge in [-0.25, -0.2) is 4.39 Å². The number of carbonyl (C=O) groups excluding carboxylic acids is 3. The number of fused-ring (bicyclic) bond motifs is 1. The van der Waals surface area contributed by atoms with Gasteiger partial charge in [0.1, 0.15) is 23.7 Å². The Labute approximate surface area is 242 Å². The Hall–Kier alpha value is -3.05. The first-order valence-corrected chi connectivity index (χ1v) is 15.0. The lowest BCUT2D eigenvalue weighted by atomic mass is 10.1. The lowest BCUT2D eigenvalue weighted by molar-refractivity contribution is -0.143. The molecule has 3 aliphatic heterocycles. The molecule has 3 aliphatic rings.